The van der Waals surface area contributed by atoms with Gasteiger partial charge in [-0.3, -0.25) is 4.79 Å². The Morgan fingerprint density at radius 2 is 2.27 bits per heavy atom. The van der Waals surface area contributed by atoms with E-state index in [4.69, 9.17) is 0 Å². The van der Waals surface area contributed by atoms with Crippen molar-refractivity contribution in [3.63, 3.8) is 0 Å². The summed E-state index contributed by atoms with van der Waals surface area (Å²) in [4.78, 5) is 11.2. The van der Waals surface area contributed by atoms with Gasteiger partial charge in [-0.05, 0) is 6.42 Å². The van der Waals surface area contributed by atoms with E-state index in [9.17, 15) is 13.2 Å². The van der Waals surface area contributed by atoms with Crippen molar-refractivity contribution in [3.05, 3.63) is 0 Å². The minimum atomic E-state index is -3.41. The van der Waals surface area contributed by atoms with Crippen molar-refractivity contribution >= 4 is 16.2 Å². The Bertz CT molecular complexity index is 328. The molecule has 0 aromatic rings. The molecule has 1 N–H and O–H groups in total. The molecule has 0 aliphatic carbocycles. The standard InChI is InChI=1S/C8H16N2O4S/c1-3-9-15(12,13)10-5-4-7(6-10)8(11)14-2/h7,9H,3-6H2,1-2H3. The zero-order valence-electron chi connectivity index (χ0n) is 8.89. The predicted molar refractivity (Wildman–Crippen MR) is 54.3 cm³/mol. The maximum absolute atomic E-state index is 11.6. The van der Waals surface area contributed by atoms with Crippen LogP contribution in [0.15, 0.2) is 0 Å². The first-order chi connectivity index (χ1) is 7.01. The number of carbonyl (C=O) groups is 1. The molecule has 0 aromatic carbocycles. The van der Waals surface area contributed by atoms with Crippen molar-refractivity contribution in [1.29, 1.82) is 0 Å². The Kier molecular flexibility index (Phi) is 4.06. The van der Waals surface area contributed by atoms with E-state index in [1.165, 1.54) is 11.4 Å². The van der Waals surface area contributed by atoms with Gasteiger partial charge in [0.25, 0.3) is 10.2 Å². The van der Waals surface area contributed by atoms with Gasteiger partial charge in [-0.2, -0.15) is 12.7 Å². The number of rotatable bonds is 4. The number of carbonyl (C=O) groups excluding carboxylic acids is 1. The summed E-state index contributed by atoms with van der Waals surface area (Å²) in [5.74, 6) is -0.673. The lowest BCUT2D eigenvalue weighted by Gasteiger charge is -2.15. The Balaban J connectivity index is 2.60. The van der Waals surface area contributed by atoms with Crippen molar-refractivity contribution in [2.45, 2.75) is 13.3 Å². The van der Waals surface area contributed by atoms with Crippen LogP contribution in [0.4, 0.5) is 0 Å². The molecule has 1 aliphatic rings. The van der Waals surface area contributed by atoms with E-state index < -0.39 is 10.2 Å². The van der Waals surface area contributed by atoms with Crippen molar-refractivity contribution in [3.8, 4) is 0 Å². The summed E-state index contributed by atoms with van der Waals surface area (Å²) in [5.41, 5.74) is 0. The second-order valence-electron chi connectivity index (χ2n) is 3.37. The van der Waals surface area contributed by atoms with Crippen LogP contribution in [0, 0.1) is 5.92 Å². The summed E-state index contributed by atoms with van der Waals surface area (Å²) in [5, 5.41) is 0. The summed E-state index contributed by atoms with van der Waals surface area (Å²) in [6.45, 7) is 2.64. The van der Waals surface area contributed by atoms with Gasteiger partial charge < -0.3 is 4.74 Å². The molecule has 6 nitrogen and oxygen atoms in total. The number of methoxy groups -OCH3 is 1. The predicted octanol–water partition coefficient (Wildman–Crippen LogP) is -0.664. The Hall–Kier alpha value is -0.660. The molecule has 0 radical (unpaired) electrons. The minimum absolute atomic E-state index is 0.210. The van der Waals surface area contributed by atoms with Gasteiger partial charge in [0.2, 0.25) is 0 Å². The molecule has 1 unspecified atom stereocenters. The molecular formula is C8H16N2O4S. The van der Waals surface area contributed by atoms with Crippen molar-refractivity contribution in [2.24, 2.45) is 5.92 Å². The quantitative estimate of drug-likeness (QED) is 0.657. The molecule has 88 valence electrons. The first-order valence-corrected chi connectivity index (χ1v) is 6.27. The summed E-state index contributed by atoms with van der Waals surface area (Å²) < 4.78 is 31.3. The Labute approximate surface area is 89.8 Å². The monoisotopic (exact) mass is 236 g/mol. The van der Waals surface area contributed by atoms with Crippen molar-refractivity contribution in [1.82, 2.24) is 9.03 Å². The van der Waals surface area contributed by atoms with E-state index in [-0.39, 0.29) is 18.4 Å². The highest BCUT2D eigenvalue weighted by molar-refractivity contribution is 7.87. The van der Waals surface area contributed by atoms with E-state index in [0.29, 0.717) is 19.5 Å². The highest BCUT2D eigenvalue weighted by Gasteiger charge is 2.34. The second-order valence-corrected chi connectivity index (χ2v) is 5.12. The fourth-order valence-electron chi connectivity index (χ4n) is 1.58. The van der Waals surface area contributed by atoms with Crippen LogP contribution in [0.25, 0.3) is 0 Å². The molecule has 1 fully saturated rings. The lowest BCUT2D eigenvalue weighted by Crippen LogP contribution is -2.39. The second kappa shape index (κ2) is 4.91. The van der Waals surface area contributed by atoms with Crippen LogP contribution < -0.4 is 4.72 Å². The van der Waals surface area contributed by atoms with Gasteiger partial charge in [-0.1, -0.05) is 6.92 Å². The van der Waals surface area contributed by atoms with Gasteiger partial charge >= 0.3 is 5.97 Å². The maximum Gasteiger partial charge on any atom is 0.310 e. The van der Waals surface area contributed by atoms with Crippen LogP contribution in [-0.2, 0) is 19.7 Å². The first-order valence-electron chi connectivity index (χ1n) is 4.83. The smallest absolute Gasteiger partial charge is 0.310 e. The van der Waals surface area contributed by atoms with E-state index in [1.807, 2.05) is 0 Å². The number of esters is 1. The van der Waals surface area contributed by atoms with Gasteiger partial charge in [-0.25, -0.2) is 4.72 Å². The summed E-state index contributed by atoms with van der Waals surface area (Å²) in [6, 6.07) is 0. The van der Waals surface area contributed by atoms with Gasteiger partial charge in [0.15, 0.2) is 0 Å². The Morgan fingerprint density at radius 3 is 2.80 bits per heavy atom. The van der Waals surface area contributed by atoms with Gasteiger partial charge in [0, 0.05) is 19.6 Å². The zero-order chi connectivity index (χ0) is 11.5. The summed E-state index contributed by atoms with van der Waals surface area (Å²) in [6.07, 6.45) is 0.525. The van der Waals surface area contributed by atoms with E-state index in [2.05, 4.69) is 9.46 Å². The fourth-order valence-corrected chi connectivity index (χ4v) is 2.85. The Morgan fingerprint density at radius 1 is 1.60 bits per heavy atom. The van der Waals surface area contributed by atoms with Crippen LogP contribution in [0.5, 0.6) is 0 Å². The van der Waals surface area contributed by atoms with E-state index in [0.717, 1.165) is 0 Å². The molecule has 1 rings (SSSR count). The SMILES string of the molecule is CCNS(=O)(=O)N1CCC(C(=O)OC)C1. The molecule has 0 saturated carbocycles. The summed E-state index contributed by atoms with van der Waals surface area (Å²) >= 11 is 0. The molecule has 0 aromatic heterocycles. The maximum atomic E-state index is 11.6. The highest BCUT2D eigenvalue weighted by Crippen LogP contribution is 2.19. The molecule has 1 aliphatic heterocycles. The van der Waals surface area contributed by atoms with Gasteiger partial charge in [0.1, 0.15) is 0 Å². The lowest BCUT2D eigenvalue weighted by atomic mass is 10.1. The number of ether oxygens (including phenoxy) is 1. The first kappa shape index (κ1) is 12.4. The number of nitrogens with zero attached hydrogens (tertiary/aromatic N) is 1. The topological polar surface area (TPSA) is 75.7 Å². The summed E-state index contributed by atoms with van der Waals surface area (Å²) in [7, 11) is -2.10. The molecular weight excluding hydrogens is 220 g/mol. The molecule has 1 atom stereocenters. The van der Waals surface area contributed by atoms with Crippen LogP contribution in [-0.4, -0.2) is 45.4 Å². The lowest BCUT2D eigenvalue weighted by molar-refractivity contribution is -0.144. The van der Waals surface area contributed by atoms with Crippen molar-refractivity contribution in [2.75, 3.05) is 26.7 Å². The van der Waals surface area contributed by atoms with Gasteiger partial charge in [0.05, 0.1) is 13.0 Å². The average molecular weight is 236 g/mol. The van der Waals surface area contributed by atoms with E-state index in [1.54, 1.807) is 6.92 Å². The van der Waals surface area contributed by atoms with Crippen LogP contribution in [0.3, 0.4) is 0 Å². The zero-order valence-corrected chi connectivity index (χ0v) is 9.71. The molecule has 1 heterocycles. The highest BCUT2D eigenvalue weighted by atomic mass is 32.2. The molecule has 15 heavy (non-hydrogen) atoms. The van der Waals surface area contributed by atoms with Crippen LogP contribution in [0.2, 0.25) is 0 Å². The number of hydrogen-bond donors (Lipinski definition) is 1. The van der Waals surface area contributed by atoms with Gasteiger partial charge in [-0.15, -0.1) is 0 Å². The largest absolute Gasteiger partial charge is 0.469 e. The number of hydrogen-bond acceptors (Lipinski definition) is 4. The number of nitrogens with one attached hydrogen (secondary N) is 1. The van der Waals surface area contributed by atoms with Crippen LogP contribution in [0.1, 0.15) is 13.3 Å². The third-order valence-electron chi connectivity index (χ3n) is 2.35. The molecule has 0 amide bonds. The molecule has 0 bridgehead atoms. The average Bonchev–Trinajstić information content (AvgIpc) is 2.66. The third-order valence-corrected chi connectivity index (χ3v) is 4.02. The molecule has 0 spiro atoms. The molecule has 7 heteroatoms. The van der Waals surface area contributed by atoms with Crippen molar-refractivity contribution < 1.29 is 17.9 Å². The fraction of sp³-hybridized carbons (Fsp3) is 0.875. The normalized spacial score (nSPS) is 22.9. The van der Waals surface area contributed by atoms with Crippen LogP contribution >= 0.6 is 0 Å². The minimum Gasteiger partial charge on any atom is -0.469 e. The molecule has 1 saturated heterocycles. The third kappa shape index (κ3) is 2.90. The van der Waals surface area contributed by atoms with E-state index >= 15 is 0 Å².